The van der Waals surface area contributed by atoms with E-state index in [2.05, 4.69) is 15.9 Å². The van der Waals surface area contributed by atoms with Gasteiger partial charge in [-0.3, -0.25) is 4.79 Å². The van der Waals surface area contributed by atoms with Crippen molar-refractivity contribution < 1.29 is 9.18 Å². The van der Waals surface area contributed by atoms with Crippen molar-refractivity contribution in [1.82, 2.24) is 0 Å². The van der Waals surface area contributed by atoms with Gasteiger partial charge in [-0.25, -0.2) is 4.39 Å². The third kappa shape index (κ3) is 4.28. The molecule has 0 saturated carbocycles. The van der Waals surface area contributed by atoms with E-state index < -0.39 is 5.82 Å². The van der Waals surface area contributed by atoms with Crippen molar-refractivity contribution in [3.63, 3.8) is 0 Å². The molecule has 0 aliphatic carbocycles. The van der Waals surface area contributed by atoms with Crippen LogP contribution in [0.2, 0.25) is 0 Å². The second-order valence-electron chi connectivity index (χ2n) is 2.94. The highest BCUT2D eigenvalue weighted by molar-refractivity contribution is 9.10. The standard InChI is InChI=1S/C10H11BrFNO.ClH/c11-8-4-3-7(6-9(8)12)10(14)2-1-5-13;/h3-4,6H,1-2,5,13H2;1H. The lowest BCUT2D eigenvalue weighted by molar-refractivity contribution is 0.0980. The number of carbonyl (C=O) groups is 1. The lowest BCUT2D eigenvalue weighted by Crippen LogP contribution is -2.05. The number of Topliss-reactive ketones (excluding diaryl/α,β-unsaturated/α-hetero) is 1. The van der Waals surface area contributed by atoms with Crippen molar-refractivity contribution in [2.75, 3.05) is 6.54 Å². The fourth-order valence-corrected chi connectivity index (χ4v) is 1.32. The Morgan fingerprint density at radius 1 is 1.47 bits per heavy atom. The van der Waals surface area contributed by atoms with E-state index in [9.17, 15) is 9.18 Å². The van der Waals surface area contributed by atoms with Crippen LogP contribution >= 0.6 is 28.3 Å². The number of carbonyl (C=O) groups excluding carboxylic acids is 1. The van der Waals surface area contributed by atoms with Crippen LogP contribution in [0.15, 0.2) is 22.7 Å². The quantitative estimate of drug-likeness (QED) is 0.868. The summed E-state index contributed by atoms with van der Waals surface area (Å²) in [6.07, 6.45) is 1.01. The van der Waals surface area contributed by atoms with E-state index in [-0.39, 0.29) is 18.2 Å². The molecule has 2 N–H and O–H groups in total. The van der Waals surface area contributed by atoms with Gasteiger partial charge >= 0.3 is 0 Å². The average molecular weight is 297 g/mol. The van der Waals surface area contributed by atoms with Gasteiger partial charge in [-0.15, -0.1) is 12.4 Å². The van der Waals surface area contributed by atoms with Crippen molar-refractivity contribution >= 4 is 34.1 Å². The van der Waals surface area contributed by atoms with Crippen LogP contribution in [0.3, 0.4) is 0 Å². The zero-order valence-electron chi connectivity index (χ0n) is 8.00. The van der Waals surface area contributed by atoms with Gasteiger partial charge in [-0.2, -0.15) is 0 Å². The molecule has 1 rings (SSSR count). The molecule has 0 unspecified atom stereocenters. The molecule has 0 heterocycles. The van der Waals surface area contributed by atoms with Crippen LogP contribution in [0.1, 0.15) is 23.2 Å². The van der Waals surface area contributed by atoms with E-state index in [0.717, 1.165) is 0 Å². The minimum absolute atomic E-state index is 0. The number of benzene rings is 1. The van der Waals surface area contributed by atoms with Crippen molar-refractivity contribution in [3.05, 3.63) is 34.1 Å². The molecule has 0 aromatic heterocycles. The first kappa shape index (κ1) is 14.6. The first-order valence-corrected chi connectivity index (χ1v) is 5.12. The predicted molar refractivity (Wildman–Crippen MR) is 64.0 cm³/mol. The fourth-order valence-electron chi connectivity index (χ4n) is 1.08. The second kappa shape index (κ2) is 6.93. The number of nitrogens with two attached hydrogens (primary N) is 1. The fraction of sp³-hybridized carbons (Fsp3) is 0.300. The van der Waals surface area contributed by atoms with E-state index in [1.165, 1.54) is 12.1 Å². The third-order valence-electron chi connectivity index (χ3n) is 1.85. The highest BCUT2D eigenvalue weighted by Gasteiger charge is 2.07. The Hall–Kier alpha value is -0.450. The maximum absolute atomic E-state index is 13.0. The average Bonchev–Trinajstić information content (AvgIpc) is 2.18. The summed E-state index contributed by atoms with van der Waals surface area (Å²) in [6.45, 7) is 0.477. The van der Waals surface area contributed by atoms with Crippen LogP contribution in [0, 0.1) is 5.82 Å². The third-order valence-corrected chi connectivity index (χ3v) is 2.49. The zero-order valence-corrected chi connectivity index (χ0v) is 10.4. The second-order valence-corrected chi connectivity index (χ2v) is 3.80. The molecule has 0 amide bonds. The summed E-state index contributed by atoms with van der Waals surface area (Å²) < 4.78 is 13.4. The predicted octanol–water partition coefficient (Wildman–Crippen LogP) is 2.93. The molecule has 84 valence electrons. The molecule has 0 bridgehead atoms. The molecule has 0 saturated heterocycles. The van der Waals surface area contributed by atoms with Gasteiger partial charge in [-0.1, -0.05) is 6.07 Å². The molecule has 0 aliphatic heterocycles. The van der Waals surface area contributed by atoms with Gasteiger partial charge in [0.25, 0.3) is 0 Å². The SMILES string of the molecule is Cl.NCCCC(=O)c1ccc(Br)c(F)c1. The number of ketones is 1. The minimum atomic E-state index is -0.413. The molecule has 2 nitrogen and oxygen atoms in total. The smallest absolute Gasteiger partial charge is 0.163 e. The zero-order chi connectivity index (χ0) is 10.6. The molecule has 0 atom stereocenters. The van der Waals surface area contributed by atoms with Gasteiger partial charge in [0.05, 0.1) is 4.47 Å². The molecule has 15 heavy (non-hydrogen) atoms. The van der Waals surface area contributed by atoms with Crippen LogP contribution in [0.4, 0.5) is 4.39 Å². The van der Waals surface area contributed by atoms with Gasteiger partial charge in [0.15, 0.2) is 5.78 Å². The normalized spacial score (nSPS) is 9.53. The Balaban J connectivity index is 0.00000196. The van der Waals surface area contributed by atoms with Crippen LogP contribution < -0.4 is 5.73 Å². The monoisotopic (exact) mass is 295 g/mol. The topological polar surface area (TPSA) is 43.1 Å². The lowest BCUT2D eigenvalue weighted by atomic mass is 10.1. The molecule has 0 spiro atoms. The largest absolute Gasteiger partial charge is 0.330 e. The van der Waals surface area contributed by atoms with E-state index in [4.69, 9.17) is 5.73 Å². The van der Waals surface area contributed by atoms with E-state index in [1.807, 2.05) is 0 Å². The Kier molecular flexibility index (Phi) is 6.72. The highest BCUT2D eigenvalue weighted by Crippen LogP contribution is 2.17. The summed E-state index contributed by atoms with van der Waals surface area (Å²) in [7, 11) is 0. The van der Waals surface area contributed by atoms with Gasteiger partial charge in [-0.05, 0) is 41.0 Å². The molecular weight excluding hydrogens is 284 g/mol. The molecule has 1 aromatic carbocycles. The lowest BCUT2D eigenvalue weighted by Gasteiger charge is -2.01. The molecule has 5 heteroatoms. The number of hydrogen-bond donors (Lipinski definition) is 1. The molecule has 0 aliphatic rings. The first-order chi connectivity index (χ1) is 6.65. The minimum Gasteiger partial charge on any atom is -0.330 e. The summed E-state index contributed by atoms with van der Waals surface area (Å²) in [5, 5.41) is 0. The first-order valence-electron chi connectivity index (χ1n) is 4.33. The number of halogens is 3. The van der Waals surface area contributed by atoms with Gasteiger partial charge in [0.1, 0.15) is 5.82 Å². The highest BCUT2D eigenvalue weighted by atomic mass is 79.9. The summed E-state index contributed by atoms with van der Waals surface area (Å²) in [5.41, 5.74) is 5.68. The van der Waals surface area contributed by atoms with Gasteiger partial charge in [0.2, 0.25) is 0 Å². The summed E-state index contributed by atoms with van der Waals surface area (Å²) in [6, 6.07) is 4.37. The Morgan fingerprint density at radius 3 is 2.67 bits per heavy atom. The molecular formula is C10H12BrClFNO. The Morgan fingerprint density at radius 2 is 2.13 bits per heavy atom. The van der Waals surface area contributed by atoms with E-state index >= 15 is 0 Å². The van der Waals surface area contributed by atoms with E-state index in [1.54, 1.807) is 6.07 Å². The maximum atomic E-state index is 13.0. The van der Waals surface area contributed by atoms with Crippen LogP contribution in [0.25, 0.3) is 0 Å². The van der Waals surface area contributed by atoms with Crippen LogP contribution in [0.5, 0.6) is 0 Å². The van der Waals surface area contributed by atoms with Crippen LogP contribution in [-0.2, 0) is 0 Å². The van der Waals surface area contributed by atoms with E-state index in [0.29, 0.717) is 29.4 Å². The Labute approximate surface area is 103 Å². The molecule has 1 aromatic rings. The summed E-state index contributed by atoms with van der Waals surface area (Å²) in [5.74, 6) is -0.481. The van der Waals surface area contributed by atoms with Crippen molar-refractivity contribution in [3.8, 4) is 0 Å². The molecule has 0 fully saturated rings. The van der Waals surface area contributed by atoms with Crippen molar-refractivity contribution in [2.45, 2.75) is 12.8 Å². The van der Waals surface area contributed by atoms with Gasteiger partial charge in [0, 0.05) is 12.0 Å². The van der Waals surface area contributed by atoms with Crippen molar-refractivity contribution in [1.29, 1.82) is 0 Å². The molecule has 0 radical (unpaired) electrons. The summed E-state index contributed by atoms with van der Waals surface area (Å²) in [4.78, 5) is 11.4. The van der Waals surface area contributed by atoms with Crippen molar-refractivity contribution in [2.24, 2.45) is 5.73 Å². The maximum Gasteiger partial charge on any atom is 0.163 e. The van der Waals surface area contributed by atoms with Gasteiger partial charge < -0.3 is 5.73 Å². The number of rotatable bonds is 4. The number of hydrogen-bond acceptors (Lipinski definition) is 2. The summed E-state index contributed by atoms with van der Waals surface area (Å²) >= 11 is 3.02. The van der Waals surface area contributed by atoms with Crippen LogP contribution in [-0.4, -0.2) is 12.3 Å². The Bertz CT molecular complexity index is 346.